The van der Waals surface area contributed by atoms with E-state index in [0.717, 1.165) is 25.9 Å². The van der Waals surface area contributed by atoms with Crippen LogP contribution < -0.4 is 0 Å². The number of esters is 1. The van der Waals surface area contributed by atoms with E-state index in [1.807, 2.05) is 0 Å². The van der Waals surface area contributed by atoms with E-state index in [9.17, 15) is 4.79 Å². The van der Waals surface area contributed by atoms with E-state index in [1.165, 1.54) is 13.4 Å². The molecule has 0 bridgehead atoms. The number of carbonyl (C=O) groups excluding carboxylic acids is 1. The maximum atomic E-state index is 11.5. The molecule has 0 atom stereocenters. The van der Waals surface area contributed by atoms with Crippen LogP contribution in [0.15, 0.2) is 16.7 Å². The van der Waals surface area contributed by atoms with E-state index < -0.39 is 0 Å². The minimum Gasteiger partial charge on any atom is -0.467 e. The summed E-state index contributed by atoms with van der Waals surface area (Å²) in [6.07, 6.45) is 3.50. The molecular formula is C13H19NO4. The molecule has 0 amide bonds. The third kappa shape index (κ3) is 2.91. The smallest absolute Gasteiger partial charge is 0.341 e. The number of ether oxygens (including phenoxy) is 1. The zero-order valence-electron chi connectivity index (χ0n) is 10.6. The Hall–Kier alpha value is -1.33. The Morgan fingerprint density at radius 1 is 1.56 bits per heavy atom. The van der Waals surface area contributed by atoms with Crippen molar-refractivity contribution in [2.24, 2.45) is 5.92 Å². The second-order valence-electron chi connectivity index (χ2n) is 4.65. The number of rotatable bonds is 4. The molecule has 1 aliphatic heterocycles. The molecule has 5 heteroatoms. The number of carbonyl (C=O) groups is 1. The number of piperidine rings is 1. The third-order valence-electron chi connectivity index (χ3n) is 3.48. The molecule has 5 nitrogen and oxygen atoms in total. The Morgan fingerprint density at radius 2 is 2.28 bits per heavy atom. The first-order chi connectivity index (χ1) is 8.74. The van der Waals surface area contributed by atoms with E-state index in [0.29, 0.717) is 23.8 Å². The average Bonchev–Trinajstić information content (AvgIpc) is 2.87. The average molecular weight is 253 g/mol. The quantitative estimate of drug-likeness (QED) is 0.819. The summed E-state index contributed by atoms with van der Waals surface area (Å²) in [5, 5.41) is 9.08. The molecule has 1 saturated heterocycles. The number of nitrogens with zero attached hydrogens (tertiary/aromatic N) is 1. The van der Waals surface area contributed by atoms with Gasteiger partial charge < -0.3 is 14.3 Å². The van der Waals surface area contributed by atoms with Crippen LogP contribution >= 0.6 is 0 Å². The minimum atomic E-state index is -0.357. The van der Waals surface area contributed by atoms with Crippen molar-refractivity contribution in [3.63, 3.8) is 0 Å². The Bertz CT molecular complexity index is 393. The number of hydrogen-bond donors (Lipinski definition) is 1. The van der Waals surface area contributed by atoms with Crippen LogP contribution in [0.5, 0.6) is 0 Å². The molecule has 0 spiro atoms. The molecule has 18 heavy (non-hydrogen) atoms. The van der Waals surface area contributed by atoms with Gasteiger partial charge in [0.15, 0.2) is 0 Å². The number of aliphatic hydroxyl groups excluding tert-OH is 1. The highest BCUT2D eigenvalue weighted by molar-refractivity contribution is 5.90. The molecule has 1 fully saturated rings. The predicted octanol–water partition coefficient (Wildman–Crippen LogP) is 1.27. The molecule has 0 saturated carbocycles. The monoisotopic (exact) mass is 253 g/mol. The van der Waals surface area contributed by atoms with Gasteiger partial charge in [0.2, 0.25) is 0 Å². The van der Waals surface area contributed by atoms with E-state index in [-0.39, 0.29) is 12.6 Å². The molecule has 0 aromatic carbocycles. The molecule has 0 aliphatic carbocycles. The Labute approximate surface area is 106 Å². The summed E-state index contributed by atoms with van der Waals surface area (Å²) >= 11 is 0. The van der Waals surface area contributed by atoms with Crippen molar-refractivity contribution in [3.05, 3.63) is 23.7 Å². The van der Waals surface area contributed by atoms with Crippen molar-refractivity contribution < 1.29 is 19.1 Å². The first-order valence-corrected chi connectivity index (χ1v) is 6.22. The highest BCUT2D eigenvalue weighted by Crippen LogP contribution is 2.20. The van der Waals surface area contributed by atoms with E-state index in [4.69, 9.17) is 14.3 Å². The van der Waals surface area contributed by atoms with Gasteiger partial charge in [0, 0.05) is 6.61 Å². The maximum absolute atomic E-state index is 11.5. The van der Waals surface area contributed by atoms with Crippen molar-refractivity contribution in [3.8, 4) is 0 Å². The predicted molar refractivity (Wildman–Crippen MR) is 65.1 cm³/mol. The van der Waals surface area contributed by atoms with Crippen LogP contribution in [0, 0.1) is 5.92 Å². The highest BCUT2D eigenvalue weighted by atomic mass is 16.5. The molecule has 1 N–H and O–H groups in total. The second-order valence-corrected chi connectivity index (χ2v) is 4.65. The van der Waals surface area contributed by atoms with Gasteiger partial charge in [-0.15, -0.1) is 0 Å². The zero-order chi connectivity index (χ0) is 13.0. The third-order valence-corrected chi connectivity index (χ3v) is 3.48. The lowest BCUT2D eigenvalue weighted by atomic mass is 9.98. The van der Waals surface area contributed by atoms with Gasteiger partial charge in [-0.3, -0.25) is 4.90 Å². The second kappa shape index (κ2) is 6.02. The van der Waals surface area contributed by atoms with E-state index in [1.54, 1.807) is 6.07 Å². The van der Waals surface area contributed by atoms with Crippen LogP contribution in [-0.2, 0) is 11.3 Å². The van der Waals surface area contributed by atoms with Crippen LogP contribution in [0.3, 0.4) is 0 Å². The van der Waals surface area contributed by atoms with Crippen LogP contribution in [0.4, 0.5) is 0 Å². The van der Waals surface area contributed by atoms with Crippen molar-refractivity contribution in [2.45, 2.75) is 19.4 Å². The normalized spacial score (nSPS) is 17.9. The van der Waals surface area contributed by atoms with Gasteiger partial charge in [-0.25, -0.2) is 4.79 Å². The van der Waals surface area contributed by atoms with Gasteiger partial charge >= 0.3 is 5.97 Å². The highest BCUT2D eigenvalue weighted by Gasteiger charge is 2.22. The van der Waals surface area contributed by atoms with Gasteiger partial charge in [-0.2, -0.15) is 0 Å². The Morgan fingerprint density at radius 3 is 2.89 bits per heavy atom. The van der Waals surface area contributed by atoms with Crippen LogP contribution in [0.2, 0.25) is 0 Å². The molecule has 1 aromatic rings. The summed E-state index contributed by atoms with van der Waals surface area (Å²) in [5.41, 5.74) is 0.502. The summed E-state index contributed by atoms with van der Waals surface area (Å²) < 4.78 is 10.1. The summed E-state index contributed by atoms with van der Waals surface area (Å²) in [5.74, 6) is 0.714. The zero-order valence-corrected chi connectivity index (χ0v) is 10.6. The molecular weight excluding hydrogens is 234 g/mol. The number of likely N-dealkylation sites (tertiary alicyclic amines) is 1. The van der Waals surface area contributed by atoms with E-state index >= 15 is 0 Å². The molecule has 2 heterocycles. The van der Waals surface area contributed by atoms with E-state index in [2.05, 4.69) is 4.90 Å². The standard InChI is InChI=1S/C13H19NO4/c1-17-13(16)11-4-7-18-12(11)8-14-5-2-10(9-15)3-6-14/h4,7,10,15H,2-3,5-6,8-9H2,1H3. The number of aliphatic hydroxyl groups is 1. The SMILES string of the molecule is COC(=O)c1ccoc1CN1CCC(CO)CC1. The van der Waals surface area contributed by atoms with Crippen LogP contribution in [-0.4, -0.2) is 42.8 Å². The maximum Gasteiger partial charge on any atom is 0.341 e. The first-order valence-electron chi connectivity index (χ1n) is 6.22. The summed E-state index contributed by atoms with van der Waals surface area (Å²) in [6, 6.07) is 1.64. The lowest BCUT2D eigenvalue weighted by Crippen LogP contribution is -2.34. The lowest BCUT2D eigenvalue weighted by molar-refractivity contribution is 0.0594. The lowest BCUT2D eigenvalue weighted by Gasteiger charge is -2.30. The van der Waals surface area contributed by atoms with Crippen molar-refractivity contribution >= 4 is 5.97 Å². The Balaban J connectivity index is 1.94. The first kappa shape index (κ1) is 13.1. The number of methoxy groups -OCH3 is 1. The summed E-state index contributed by atoms with van der Waals surface area (Å²) in [4.78, 5) is 13.7. The van der Waals surface area contributed by atoms with Crippen molar-refractivity contribution in [1.82, 2.24) is 4.90 Å². The van der Waals surface area contributed by atoms with Gasteiger partial charge in [0.25, 0.3) is 0 Å². The van der Waals surface area contributed by atoms with Crippen molar-refractivity contribution in [1.29, 1.82) is 0 Å². The van der Waals surface area contributed by atoms with Crippen molar-refractivity contribution in [2.75, 3.05) is 26.8 Å². The molecule has 1 aliphatic rings. The summed E-state index contributed by atoms with van der Waals surface area (Å²) in [7, 11) is 1.37. The Kier molecular flexibility index (Phi) is 4.38. The largest absolute Gasteiger partial charge is 0.467 e. The summed E-state index contributed by atoms with van der Waals surface area (Å²) in [6.45, 7) is 2.73. The molecule has 0 radical (unpaired) electrons. The minimum absolute atomic E-state index is 0.266. The fourth-order valence-corrected chi connectivity index (χ4v) is 2.29. The van der Waals surface area contributed by atoms with Gasteiger partial charge in [-0.1, -0.05) is 0 Å². The van der Waals surface area contributed by atoms with Gasteiger partial charge in [-0.05, 0) is 37.9 Å². The van der Waals surface area contributed by atoms with Crippen LogP contribution in [0.25, 0.3) is 0 Å². The topological polar surface area (TPSA) is 62.9 Å². The molecule has 1 aromatic heterocycles. The molecule has 0 unspecified atom stereocenters. The number of hydrogen-bond acceptors (Lipinski definition) is 5. The van der Waals surface area contributed by atoms with Gasteiger partial charge in [0.05, 0.1) is 19.9 Å². The number of furan rings is 1. The molecule has 2 rings (SSSR count). The fraction of sp³-hybridized carbons (Fsp3) is 0.615. The molecule has 100 valence electrons. The van der Waals surface area contributed by atoms with Crippen LogP contribution in [0.1, 0.15) is 29.0 Å². The fourth-order valence-electron chi connectivity index (χ4n) is 2.29. The van der Waals surface area contributed by atoms with Gasteiger partial charge in [0.1, 0.15) is 11.3 Å².